The number of hydrogen-bond acceptors (Lipinski definition) is 5. The first-order chi connectivity index (χ1) is 13.4. The summed E-state index contributed by atoms with van der Waals surface area (Å²) in [5.74, 6) is 0.285. The molecule has 28 heavy (non-hydrogen) atoms. The van der Waals surface area contributed by atoms with Crippen LogP contribution in [0.1, 0.15) is 29.0 Å². The minimum Gasteiger partial charge on any atom is -0.378 e. The van der Waals surface area contributed by atoms with Gasteiger partial charge in [0.05, 0.1) is 18.1 Å². The van der Waals surface area contributed by atoms with Crippen molar-refractivity contribution in [3.63, 3.8) is 0 Å². The lowest BCUT2D eigenvalue weighted by atomic mass is 9.86. The van der Waals surface area contributed by atoms with E-state index in [9.17, 15) is 8.42 Å². The Balaban J connectivity index is 1.68. The molecular formula is C22H28N2O3S. The fourth-order valence-corrected chi connectivity index (χ4v) is 4.89. The van der Waals surface area contributed by atoms with Gasteiger partial charge in [0.2, 0.25) is 0 Å². The van der Waals surface area contributed by atoms with E-state index in [4.69, 9.17) is 4.74 Å². The second-order valence-electron chi connectivity index (χ2n) is 7.90. The molecule has 0 spiro atoms. The molecule has 2 aromatic rings. The predicted molar refractivity (Wildman–Crippen MR) is 112 cm³/mol. The molecule has 0 N–H and O–H groups in total. The van der Waals surface area contributed by atoms with Crippen LogP contribution in [0.25, 0.3) is 0 Å². The summed E-state index contributed by atoms with van der Waals surface area (Å²) in [5.41, 5.74) is 5.17. The highest BCUT2D eigenvalue weighted by atomic mass is 32.2. The average Bonchev–Trinajstić information content (AvgIpc) is 2.85. The summed E-state index contributed by atoms with van der Waals surface area (Å²) >= 11 is 0. The van der Waals surface area contributed by atoms with Gasteiger partial charge < -0.3 is 14.5 Å². The fraction of sp³-hybridized carbons (Fsp3) is 0.455. The van der Waals surface area contributed by atoms with Crippen molar-refractivity contribution in [2.75, 3.05) is 51.1 Å². The maximum atomic E-state index is 11.8. The van der Waals surface area contributed by atoms with E-state index in [0.29, 0.717) is 4.90 Å². The van der Waals surface area contributed by atoms with Crippen molar-refractivity contribution in [2.45, 2.75) is 23.8 Å². The normalized spacial score (nSPS) is 21.2. The van der Waals surface area contributed by atoms with Gasteiger partial charge in [-0.25, -0.2) is 8.42 Å². The molecule has 2 aliphatic rings. The van der Waals surface area contributed by atoms with Crippen LogP contribution in [0.5, 0.6) is 0 Å². The van der Waals surface area contributed by atoms with Crippen LogP contribution in [-0.2, 0) is 21.1 Å². The van der Waals surface area contributed by atoms with E-state index in [1.807, 2.05) is 12.1 Å². The van der Waals surface area contributed by atoms with E-state index >= 15 is 0 Å². The third kappa shape index (κ3) is 4.09. The zero-order chi connectivity index (χ0) is 19.7. The molecule has 1 saturated heterocycles. The number of nitrogens with zero attached hydrogens (tertiary/aromatic N) is 2. The van der Waals surface area contributed by atoms with Gasteiger partial charge in [-0.1, -0.05) is 18.2 Å². The van der Waals surface area contributed by atoms with Gasteiger partial charge in [0.15, 0.2) is 9.84 Å². The lowest BCUT2D eigenvalue weighted by molar-refractivity contribution is 0.122. The number of fused-ring (bicyclic) bond motifs is 1. The minimum absolute atomic E-state index is 0.285. The Labute approximate surface area is 167 Å². The van der Waals surface area contributed by atoms with Gasteiger partial charge in [0, 0.05) is 37.5 Å². The molecule has 4 rings (SSSR count). The highest BCUT2D eigenvalue weighted by Crippen LogP contribution is 2.36. The molecule has 1 unspecified atom stereocenters. The van der Waals surface area contributed by atoms with Crippen molar-refractivity contribution in [2.24, 2.45) is 0 Å². The highest BCUT2D eigenvalue weighted by molar-refractivity contribution is 7.90. The minimum atomic E-state index is -3.17. The van der Waals surface area contributed by atoms with Crippen molar-refractivity contribution < 1.29 is 13.2 Å². The summed E-state index contributed by atoms with van der Waals surface area (Å²) in [6.07, 6.45) is 2.28. The summed E-state index contributed by atoms with van der Waals surface area (Å²) in [4.78, 5) is 5.14. The largest absolute Gasteiger partial charge is 0.378 e. The molecule has 2 aliphatic heterocycles. The summed E-state index contributed by atoms with van der Waals surface area (Å²) in [6, 6.07) is 14.3. The van der Waals surface area contributed by atoms with Crippen molar-refractivity contribution in [1.82, 2.24) is 4.90 Å². The Morgan fingerprint density at radius 3 is 2.39 bits per heavy atom. The second-order valence-corrected chi connectivity index (χ2v) is 9.92. The van der Waals surface area contributed by atoms with Gasteiger partial charge in [-0.2, -0.15) is 0 Å². The molecule has 1 atom stereocenters. The first-order valence-corrected chi connectivity index (χ1v) is 11.7. The van der Waals surface area contributed by atoms with E-state index in [0.717, 1.165) is 45.8 Å². The number of rotatable bonds is 3. The fourth-order valence-electron chi connectivity index (χ4n) is 4.26. The Morgan fingerprint density at radius 1 is 1.00 bits per heavy atom. The zero-order valence-electron chi connectivity index (χ0n) is 16.6. The van der Waals surface area contributed by atoms with E-state index in [-0.39, 0.29) is 5.92 Å². The summed E-state index contributed by atoms with van der Waals surface area (Å²) in [6.45, 7) is 5.39. The van der Waals surface area contributed by atoms with Gasteiger partial charge in [-0.05, 0) is 61.0 Å². The summed E-state index contributed by atoms with van der Waals surface area (Å²) in [7, 11) is -1.00. The molecule has 0 amide bonds. The molecule has 0 bridgehead atoms. The zero-order valence-corrected chi connectivity index (χ0v) is 17.4. The van der Waals surface area contributed by atoms with Gasteiger partial charge in [-0.15, -0.1) is 0 Å². The van der Waals surface area contributed by atoms with Gasteiger partial charge in [0.25, 0.3) is 0 Å². The molecule has 0 saturated carbocycles. The second kappa shape index (κ2) is 7.85. The van der Waals surface area contributed by atoms with E-state index in [1.165, 1.54) is 28.6 Å². The lowest BCUT2D eigenvalue weighted by Gasteiger charge is -2.30. The van der Waals surface area contributed by atoms with Crippen LogP contribution >= 0.6 is 0 Å². The van der Waals surface area contributed by atoms with Crippen LogP contribution in [0.15, 0.2) is 47.4 Å². The molecule has 150 valence electrons. The Morgan fingerprint density at radius 2 is 1.71 bits per heavy atom. The molecule has 2 aromatic carbocycles. The molecule has 5 nitrogen and oxygen atoms in total. The van der Waals surface area contributed by atoms with Gasteiger partial charge >= 0.3 is 0 Å². The van der Waals surface area contributed by atoms with Crippen LogP contribution in [0, 0.1) is 0 Å². The standard InChI is InChI=1S/C22H28N2O3S/c1-23-10-9-22(17-3-6-20(7-4-17)28(2,25)26)21-8-5-19(15-18(21)16-23)24-11-13-27-14-12-24/h3-8,15,22H,9-14,16H2,1-2H3. The molecule has 1 fully saturated rings. The first-order valence-electron chi connectivity index (χ1n) is 9.86. The number of hydrogen-bond donors (Lipinski definition) is 0. The van der Waals surface area contributed by atoms with E-state index in [1.54, 1.807) is 12.1 Å². The quantitative estimate of drug-likeness (QED) is 0.793. The number of sulfone groups is 1. The maximum Gasteiger partial charge on any atom is 0.175 e. The Hall–Kier alpha value is -1.89. The Bertz CT molecular complexity index is 935. The number of morpholine rings is 1. The van der Waals surface area contributed by atoms with Crippen LogP contribution in [0.2, 0.25) is 0 Å². The molecule has 6 heteroatoms. The van der Waals surface area contributed by atoms with Crippen molar-refractivity contribution in [1.29, 1.82) is 0 Å². The molecule has 2 heterocycles. The number of anilines is 1. The van der Waals surface area contributed by atoms with Crippen LogP contribution in [-0.4, -0.2) is 59.5 Å². The van der Waals surface area contributed by atoms with Crippen molar-refractivity contribution >= 4 is 15.5 Å². The summed E-state index contributed by atoms with van der Waals surface area (Å²) < 4.78 is 29.1. The van der Waals surface area contributed by atoms with E-state index in [2.05, 4.69) is 35.0 Å². The number of benzene rings is 2. The number of ether oxygens (including phenoxy) is 1. The topological polar surface area (TPSA) is 49.9 Å². The molecule has 0 radical (unpaired) electrons. The Kier molecular flexibility index (Phi) is 5.45. The molecule has 0 aromatic heterocycles. The monoisotopic (exact) mass is 400 g/mol. The third-order valence-electron chi connectivity index (χ3n) is 5.83. The highest BCUT2D eigenvalue weighted by Gasteiger charge is 2.24. The van der Waals surface area contributed by atoms with Crippen LogP contribution in [0.4, 0.5) is 5.69 Å². The smallest absolute Gasteiger partial charge is 0.175 e. The summed E-state index contributed by atoms with van der Waals surface area (Å²) in [5, 5.41) is 0. The third-order valence-corrected chi connectivity index (χ3v) is 6.96. The molecule has 0 aliphatic carbocycles. The van der Waals surface area contributed by atoms with Crippen molar-refractivity contribution in [3.05, 3.63) is 59.2 Å². The first kappa shape index (κ1) is 19.4. The average molecular weight is 401 g/mol. The maximum absolute atomic E-state index is 11.8. The van der Waals surface area contributed by atoms with Gasteiger partial charge in [0.1, 0.15) is 0 Å². The van der Waals surface area contributed by atoms with Gasteiger partial charge in [-0.3, -0.25) is 0 Å². The van der Waals surface area contributed by atoms with Crippen LogP contribution < -0.4 is 4.90 Å². The van der Waals surface area contributed by atoms with Crippen molar-refractivity contribution in [3.8, 4) is 0 Å². The van der Waals surface area contributed by atoms with Crippen LogP contribution in [0.3, 0.4) is 0 Å². The predicted octanol–water partition coefficient (Wildman–Crippen LogP) is 2.89. The lowest BCUT2D eigenvalue weighted by Crippen LogP contribution is -2.36. The van der Waals surface area contributed by atoms with E-state index < -0.39 is 9.84 Å². The SMILES string of the molecule is CN1CCC(c2ccc(S(C)(=O)=O)cc2)c2ccc(N3CCOCC3)cc2C1. The molecular weight excluding hydrogens is 372 g/mol.